The molecule has 0 spiro atoms. The lowest BCUT2D eigenvalue weighted by Crippen LogP contribution is -2.58. The molecule has 0 aliphatic carbocycles. The van der Waals surface area contributed by atoms with Crippen molar-refractivity contribution >= 4 is 11.7 Å². The molecule has 1 aromatic rings. The maximum Gasteiger partial charge on any atom is 0.275 e. The number of rotatable bonds is 3. The molecule has 0 fully saturated rings. The molecule has 0 bridgehead atoms. The number of Topliss-reactive ketones (excluding diaryl/α,β-unsaturated/α-hetero) is 1. The Balaban J connectivity index is 2.53. The second-order valence-corrected chi connectivity index (χ2v) is 7.23. The number of aliphatic hydroxyl groups is 1. The van der Waals surface area contributed by atoms with Crippen molar-refractivity contribution in [3.63, 3.8) is 0 Å². The van der Waals surface area contributed by atoms with Gasteiger partial charge in [0.05, 0.1) is 12.6 Å². The zero-order chi connectivity index (χ0) is 19.1. The van der Waals surface area contributed by atoms with E-state index in [1.165, 1.54) is 24.1 Å². The van der Waals surface area contributed by atoms with E-state index in [9.17, 15) is 23.5 Å². The summed E-state index contributed by atoms with van der Waals surface area (Å²) in [7, 11) is 1.57. The molecule has 1 atom stereocenters. The Labute approximate surface area is 145 Å². The predicted molar refractivity (Wildman–Crippen MR) is 88.2 cm³/mol. The quantitative estimate of drug-likeness (QED) is 0.850. The first-order valence-electron chi connectivity index (χ1n) is 7.88. The molecule has 1 heterocycles. The minimum Gasteiger partial charge on any atom is -0.510 e. The molecule has 1 amide bonds. The largest absolute Gasteiger partial charge is 0.510 e. The standard InChI is InChI=1S/C18H22F2N2O3/c1-10(23)13-15(24)16(18(2,3)4)21(5)22(17(13)25)9-11-7-6-8-12(19)14(11)20/h6-8,16,24H,9H2,1-5H3/t16-/m1/s1. The van der Waals surface area contributed by atoms with Crippen LogP contribution in [0.25, 0.3) is 0 Å². The molecule has 1 aromatic carbocycles. The SMILES string of the molecule is CC(=O)C1=C(O)[C@H](C(C)(C)C)N(C)N(Cc2cccc(F)c2F)C1=O. The van der Waals surface area contributed by atoms with Gasteiger partial charge in [0.25, 0.3) is 5.91 Å². The maximum atomic E-state index is 14.0. The van der Waals surface area contributed by atoms with Gasteiger partial charge in [-0.05, 0) is 18.4 Å². The molecule has 1 N–H and O–H groups in total. The monoisotopic (exact) mass is 352 g/mol. The van der Waals surface area contributed by atoms with Gasteiger partial charge in [0.2, 0.25) is 0 Å². The molecule has 1 aliphatic heterocycles. The van der Waals surface area contributed by atoms with E-state index in [0.29, 0.717) is 0 Å². The zero-order valence-electron chi connectivity index (χ0n) is 14.9. The third kappa shape index (κ3) is 3.42. The summed E-state index contributed by atoms with van der Waals surface area (Å²) in [6, 6.07) is 3.05. The molecule has 5 nitrogen and oxygen atoms in total. The average molecular weight is 352 g/mol. The zero-order valence-corrected chi connectivity index (χ0v) is 14.9. The first-order chi connectivity index (χ1) is 11.5. The number of hydrogen-bond acceptors (Lipinski definition) is 4. The number of hydrogen-bond donors (Lipinski definition) is 1. The van der Waals surface area contributed by atoms with Crippen LogP contribution in [0.5, 0.6) is 0 Å². The molecule has 136 valence electrons. The highest BCUT2D eigenvalue weighted by atomic mass is 19.2. The highest BCUT2D eigenvalue weighted by Crippen LogP contribution is 2.35. The van der Waals surface area contributed by atoms with Gasteiger partial charge in [-0.1, -0.05) is 32.9 Å². The first kappa shape index (κ1) is 19.1. The van der Waals surface area contributed by atoms with Crippen LogP contribution < -0.4 is 0 Å². The molecular formula is C18H22F2N2O3. The second kappa shape index (κ2) is 6.55. The molecule has 0 aromatic heterocycles. The minimum absolute atomic E-state index is 0.0165. The fraction of sp³-hybridized carbons (Fsp3) is 0.444. The Hall–Kier alpha value is -2.28. The van der Waals surface area contributed by atoms with Gasteiger partial charge in [0, 0.05) is 12.6 Å². The molecule has 25 heavy (non-hydrogen) atoms. The summed E-state index contributed by atoms with van der Waals surface area (Å²) in [5.41, 5.74) is -0.856. The number of carbonyl (C=O) groups is 2. The number of aliphatic hydroxyl groups excluding tert-OH is 1. The second-order valence-electron chi connectivity index (χ2n) is 7.23. The number of nitrogens with zero attached hydrogens (tertiary/aromatic N) is 2. The van der Waals surface area contributed by atoms with Crippen molar-refractivity contribution in [1.82, 2.24) is 10.0 Å². The van der Waals surface area contributed by atoms with Gasteiger partial charge in [0.15, 0.2) is 17.4 Å². The van der Waals surface area contributed by atoms with E-state index < -0.39 is 34.8 Å². The molecule has 0 saturated carbocycles. The molecule has 0 saturated heterocycles. The van der Waals surface area contributed by atoms with Crippen LogP contribution in [0.15, 0.2) is 29.5 Å². The van der Waals surface area contributed by atoms with E-state index in [4.69, 9.17) is 0 Å². The summed E-state index contributed by atoms with van der Waals surface area (Å²) in [4.78, 5) is 24.6. The van der Waals surface area contributed by atoms with Crippen LogP contribution in [0.3, 0.4) is 0 Å². The van der Waals surface area contributed by atoms with Gasteiger partial charge in [-0.3, -0.25) is 14.6 Å². The van der Waals surface area contributed by atoms with Gasteiger partial charge in [-0.2, -0.15) is 0 Å². The summed E-state index contributed by atoms with van der Waals surface area (Å²) >= 11 is 0. The summed E-state index contributed by atoms with van der Waals surface area (Å²) in [6.07, 6.45) is 0. The molecule has 2 rings (SSSR count). The van der Waals surface area contributed by atoms with Gasteiger partial charge >= 0.3 is 0 Å². The topological polar surface area (TPSA) is 60.9 Å². The van der Waals surface area contributed by atoms with Gasteiger partial charge < -0.3 is 5.11 Å². The number of halogens is 2. The Bertz CT molecular complexity index is 753. The van der Waals surface area contributed by atoms with Crippen molar-refractivity contribution < 1.29 is 23.5 Å². The predicted octanol–water partition coefficient (Wildman–Crippen LogP) is 2.97. The number of benzene rings is 1. The van der Waals surface area contributed by atoms with E-state index in [2.05, 4.69) is 0 Å². The van der Waals surface area contributed by atoms with Gasteiger partial charge in [-0.15, -0.1) is 0 Å². The van der Waals surface area contributed by atoms with Crippen LogP contribution in [-0.2, 0) is 16.1 Å². The smallest absolute Gasteiger partial charge is 0.275 e. The van der Waals surface area contributed by atoms with E-state index in [1.54, 1.807) is 7.05 Å². The minimum atomic E-state index is -1.04. The fourth-order valence-corrected chi connectivity index (χ4v) is 3.15. The van der Waals surface area contributed by atoms with Crippen LogP contribution >= 0.6 is 0 Å². The van der Waals surface area contributed by atoms with Crippen molar-refractivity contribution in [2.24, 2.45) is 5.41 Å². The van der Waals surface area contributed by atoms with Crippen molar-refractivity contribution in [3.8, 4) is 0 Å². The lowest BCUT2D eigenvalue weighted by molar-refractivity contribution is -0.158. The third-order valence-corrected chi connectivity index (χ3v) is 4.24. The van der Waals surface area contributed by atoms with Gasteiger partial charge in [-0.25, -0.2) is 13.8 Å². The van der Waals surface area contributed by atoms with E-state index >= 15 is 0 Å². The third-order valence-electron chi connectivity index (χ3n) is 4.24. The lowest BCUT2D eigenvalue weighted by atomic mass is 9.82. The van der Waals surface area contributed by atoms with Crippen molar-refractivity contribution in [2.75, 3.05) is 7.05 Å². The highest BCUT2D eigenvalue weighted by Gasteiger charge is 2.45. The van der Waals surface area contributed by atoms with Crippen LogP contribution in [0.4, 0.5) is 8.78 Å². The maximum absolute atomic E-state index is 14.0. The Morgan fingerprint density at radius 2 is 1.88 bits per heavy atom. The normalized spacial score (nSPS) is 19.6. The number of carbonyl (C=O) groups excluding carboxylic acids is 2. The number of likely N-dealkylation sites (N-methyl/N-ethyl adjacent to an activating group) is 1. The molecule has 7 heteroatoms. The van der Waals surface area contributed by atoms with E-state index in [-0.39, 0.29) is 23.4 Å². The van der Waals surface area contributed by atoms with E-state index in [1.807, 2.05) is 20.8 Å². The van der Waals surface area contributed by atoms with Gasteiger partial charge in [0.1, 0.15) is 11.3 Å². The van der Waals surface area contributed by atoms with Crippen LogP contribution in [0.1, 0.15) is 33.3 Å². The van der Waals surface area contributed by atoms with Crippen molar-refractivity contribution in [1.29, 1.82) is 0 Å². The van der Waals surface area contributed by atoms with Crippen LogP contribution in [0, 0.1) is 17.0 Å². The molecular weight excluding hydrogens is 330 g/mol. The number of amides is 1. The summed E-state index contributed by atoms with van der Waals surface area (Å²) < 4.78 is 27.5. The Morgan fingerprint density at radius 1 is 1.28 bits per heavy atom. The molecule has 1 aliphatic rings. The van der Waals surface area contributed by atoms with Crippen molar-refractivity contribution in [2.45, 2.75) is 40.3 Å². The summed E-state index contributed by atoms with van der Waals surface area (Å²) in [5, 5.41) is 13.1. The highest BCUT2D eigenvalue weighted by molar-refractivity contribution is 6.19. The number of ketones is 1. The van der Waals surface area contributed by atoms with Crippen molar-refractivity contribution in [3.05, 3.63) is 46.7 Å². The fourth-order valence-electron chi connectivity index (χ4n) is 3.15. The molecule has 0 radical (unpaired) electrons. The van der Waals surface area contributed by atoms with Crippen LogP contribution in [-0.4, -0.2) is 39.9 Å². The lowest BCUT2D eigenvalue weighted by Gasteiger charge is -2.46. The summed E-state index contributed by atoms with van der Waals surface area (Å²) in [5.74, 6) is -3.67. The first-order valence-corrected chi connectivity index (χ1v) is 7.88. The molecule has 0 unspecified atom stereocenters. The van der Waals surface area contributed by atoms with Crippen LogP contribution in [0.2, 0.25) is 0 Å². The Morgan fingerprint density at radius 3 is 2.40 bits per heavy atom. The Kier molecular flexibility index (Phi) is 4.99. The number of hydrazine groups is 1. The average Bonchev–Trinajstić information content (AvgIpc) is 2.45. The van der Waals surface area contributed by atoms with E-state index in [0.717, 1.165) is 11.1 Å². The summed E-state index contributed by atoms with van der Waals surface area (Å²) in [6.45, 7) is 6.47.